The van der Waals surface area contributed by atoms with Crippen molar-refractivity contribution in [3.63, 3.8) is 0 Å². The molecule has 2 aliphatic heterocycles. The Labute approximate surface area is 124 Å². The van der Waals surface area contributed by atoms with Gasteiger partial charge in [0.1, 0.15) is 0 Å². The molecule has 0 unspecified atom stereocenters. The highest BCUT2D eigenvalue weighted by Crippen LogP contribution is 2.32. The van der Waals surface area contributed by atoms with E-state index in [2.05, 4.69) is 0 Å². The maximum absolute atomic E-state index is 10.2. The summed E-state index contributed by atoms with van der Waals surface area (Å²) in [6.07, 6.45) is -0.763. The molecule has 0 bridgehead atoms. The van der Waals surface area contributed by atoms with Crippen LogP contribution in [0.2, 0.25) is 0 Å². The lowest BCUT2D eigenvalue weighted by atomic mass is 9.97. The van der Waals surface area contributed by atoms with Gasteiger partial charge in [-0.15, -0.1) is 0 Å². The van der Waals surface area contributed by atoms with Gasteiger partial charge in [-0.1, -0.05) is 30.3 Å². The summed E-state index contributed by atoms with van der Waals surface area (Å²) in [5, 5.41) is 30.4. The first-order valence-electron chi connectivity index (χ1n) is 7.60. The minimum absolute atomic E-state index is 0.247. The molecule has 0 amide bonds. The fourth-order valence-electron chi connectivity index (χ4n) is 3.53. The van der Waals surface area contributed by atoms with E-state index in [-0.39, 0.29) is 12.1 Å². The fraction of sp³-hybridized carbons (Fsp3) is 0.625. The molecule has 0 radical (unpaired) electrons. The second kappa shape index (κ2) is 6.42. The second-order valence-electron chi connectivity index (χ2n) is 5.99. The Balaban J connectivity index is 1.59. The number of hydrogen-bond donors (Lipinski definition) is 3. The monoisotopic (exact) mass is 293 g/mol. The minimum atomic E-state index is -0.898. The van der Waals surface area contributed by atoms with E-state index >= 15 is 0 Å². The topological polar surface area (TPSA) is 73.2 Å². The maximum atomic E-state index is 10.2. The van der Waals surface area contributed by atoms with Crippen molar-refractivity contribution in [2.24, 2.45) is 0 Å². The van der Waals surface area contributed by atoms with Crippen LogP contribution in [-0.2, 0) is 11.3 Å². The molecule has 0 spiro atoms. The molecule has 2 heterocycles. The third-order valence-corrected chi connectivity index (χ3v) is 4.61. The summed E-state index contributed by atoms with van der Waals surface area (Å²) in [6.45, 7) is 1.63. The Kier molecular flexibility index (Phi) is 4.57. The van der Waals surface area contributed by atoms with Crippen molar-refractivity contribution in [1.29, 1.82) is 0 Å². The zero-order chi connectivity index (χ0) is 14.8. The van der Waals surface area contributed by atoms with Crippen LogP contribution >= 0.6 is 0 Å². The first-order chi connectivity index (χ1) is 10.2. The molecule has 0 saturated carbocycles. The average Bonchev–Trinajstić information content (AvgIpc) is 2.74. The van der Waals surface area contributed by atoms with Crippen LogP contribution in [0, 0.1) is 0 Å². The first kappa shape index (κ1) is 14.9. The van der Waals surface area contributed by atoms with Gasteiger partial charge in [-0.25, -0.2) is 0 Å². The lowest BCUT2D eigenvalue weighted by Gasteiger charge is -2.37. The minimum Gasteiger partial charge on any atom is -0.391 e. The zero-order valence-electron chi connectivity index (χ0n) is 12.0. The summed E-state index contributed by atoms with van der Waals surface area (Å²) in [4.78, 5) is 2.01. The summed E-state index contributed by atoms with van der Waals surface area (Å²) in [7, 11) is 0. The molecule has 1 aromatic rings. The molecule has 5 atom stereocenters. The van der Waals surface area contributed by atoms with Gasteiger partial charge < -0.3 is 20.1 Å². The Morgan fingerprint density at radius 2 is 1.86 bits per heavy atom. The molecule has 116 valence electrons. The van der Waals surface area contributed by atoms with Crippen LogP contribution in [0.15, 0.2) is 30.3 Å². The quantitative estimate of drug-likeness (QED) is 0.736. The van der Waals surface area contributed by atoms with E-state index in [4.69, 9.17) is 4.74 Å². The Morgan fingerprint density at radius 3 is 2.62 bits per heavy atom. The number of fused-ring (bicyclic) bond motifs is 1. The van der Waals surface area contributed by atoms with Crippen LogP contribution in [0.1, 0.15) is 18.4 Å². The Bertz CT molecular complexity index is 455. The summed E-state index contributed by atoms with van der Waals surface area (Å²) in [6, 6.07) is 9.26. The van der Waals surface area contributed by atoms with Crippen LogP contribution in [0.25, 0.3) is 0 Å². The molecule has 2 saturated heterocycles. The second-order valence-corrected chi connectivity index (χ2v) is 5.99. The van der Waals surface area contributed by atoms with E-state index in [0.29, 0.717) is 19.6 Å². The van der Waals surface area contributed by atoms with Crippen molar-refractivity contribution < 1.29 is 20.1 Å². The van der Waals surface area contributed by atoms with E-state index in [1.54, 1.807) is 0 Å². The number of aliphatic hydroxyl groups is 3. The van der Waals surface area contributed by atoms with Gasteiger partial charge in [0.25, 0.3) is 0 Å². The smallest absolute Gasteiger partial charge is 0.0995 e. The highest BCUT2D eigenvalue weighted by atomic mass is 16.5. The Hall–Kier alpha value is -0.980. The van der Waals surface area contributed by atoms with Gasteiger partial charge in [0.15, 0.2) is 0 Å². The predicted molar refractivity (Wildman–Crippen MR) is 77.6 cm³/mol. The molecule has 0 aliphatic carbocycles. The number of benzene rings is 1. The number of aliphatic hydroxyl groups excluding tert-OH is 3. The van der Waals surface area contributed by atoms with Crippen LogP contribution < -0.4 is 0 Å². The van der Waals surface area contributed by atoms with E-state index in [1.807, 2.05) is 35.2 Å². The fourth-order valence-corrected chi connectivity index (χ4v) is 3.53. The van der Waals surface area contributed by atoms with Crippen molar-refractivity contribution in [2.45, 2.75) is 49.8 Å². The number of ether oxygens (including phenoxy) is 1. The van der Waals surface area contributed by atoms with Crippen molar-refractivity contribution in [1.82, 2.24) is 4.90 Å². The molecule has 3 rings (SSSR count). The SMILES string of the molecule is O[C@@H]1[C@H](O)[C@H](COCc2ccccc2)N2CCC[C@@H](O)[C@H]12. The number of nitrogens with zero attached hydrogens (tertiary/aromatic N) is 1. The maximum Gasteiger partial charge on any atom is 0.0995 e. The Morgan fingerprint density at radius 1 is 1.10 bits per heavy atom. The molecule has 3 N–H and O–H groups in total. The number of rotatable bonds is 4. The standard InChI is InChI=1S/C16H23NO4/c18-13-7-4-8-17-12(15(19)16(20)14(13)17)10-21-9-11-5-2-1-3-6-11/h1-3,5-6,12-16,18-20H,4,7-10H2/t12-,13+,14+,15+,16-/m0/s1. The van der Waals surface area contributed by atoms with Gasteiger partial charge in [0.2, 0.25) is 0 Å². The van der Waals surface area contributed by atoms with E-state index in [9.17, 15) is 15.3 Å². The summed E-state index contributed by atoms with van der Waals surface area (Å²) in [5.74, 6) is 0. The van der Waals surface area contributed by atoms with Gasteiger partial charge in [0.05, 0.1) is 43.6 Å². The lowest BCUT2D eigenvalue weighted by Crippen LogP contribution is -2.51. The van der Waals surface area contributed by atoms with Crippen molar-refractivity contribution in [3.8, 4) is 0 Å². The predicted octanol–water partition coefficient (Wildman–Crippen LogP) is 0.132. The van der Waals surface area contributed by atoms with Crippen LogP contribution in [-0.4, -0.2) is 63.8 Å². The van der Waals surface area contributed by atoms with Crippen LogP contribution in [0.4, 0.5) is 0 Å². The third kappa shape index (κ3) is 2.98. The van der Waals surface area contributed by atoms with Gasteiger partial charge in [-0.2, -0.15) is 0 Å². The van der Waals surface area contributed by atoms with Crippen molar-refractivity contribution in [2.75, 3.05) is 13.2 Å². The normalized spacial score (nSPS) is 36.6. The molecule has 21 heavy (non-hydrogen) atoms. The van der Waals surface area contributed by atoms with Crippen molar-refractivity contribution in [3.05, 3.63) is 35.9 Å². The molecule has 5 nitrogen and oxygen atoms in total. The largest absolute Gasteiger partial charge is 0.391 e. The van der Waals surface area contributed by atoms with Crippen LogP contribution in [0.3, 0.4) is 0 Å². The van der Waals surface area contributed by atoms with Gasteiger partial charge in [0, 0.05) is 0 Å². The summed E-state index contributed by atoms with van der Waals surface area (Å²) >= 11 is 0. The van der Waals surface area contributed by atoms with Gasteiger partial charge in [-0.05, 0) is 24.9 Å². The number of piperidine rings is 1. The molecular formula is C16H23NO4. The van der Waals surface area contributed by atoms with Gasteiger partial charge >= 0.3 is 0 Å². The molecular weight excluding hydrogens is 270 g/mol. The van der Waals surface area contributed by atoms with Crippen molar-refractivity contribution >= 4 is 0 Å². The highest BCUT2D eigenvalue weighted by molar-refractivity contribution is 5.13. The first-order valence-corrected chi connectivity index (χ1v) is 7.60. The molecule has 1 aromatic carbocycles. The average molecular weight is 293 g/mol. The summed E-state index contributed by atoms with van der Waals surface area (Å²) in [5.41, 5.74) is 1.08. The molecule has 5 heteroatoms. The van der Waals surface area contributed by atoms with E-state index in [0.717, 1.165) is 18.5 Å². The zero-order valence-corrected chi connectivity index (χ0v) is 12.0. The molecule has 0 aromatic heterocycles. The lowest BCUT2D eigenvalue weighted by molar-refractivity contribution is -0.0322. The summed E-state index contributed by atoms with van der Waals surface area (Å²) < 4.78 is 5.71. The van der Waals surface area contributed by atoms with Crippen LogP contribution in [0.5, 0.6) is 0 Å². The third-order valence-electron chi connectivity index (χ3n) is 4.61. The molecule has 2 aliphatic rings. The van der Waals surface area contributed by atoms with E-state index < -0.39 is 18.3 Å². The number of hydrogen-bond acceptors (Lipinski definition) is 5. The van der Waals surface area contributed by atoms with E-state index in [1.165, 1.54) is 0 Å². The van der Waals surface area contributed by atoms with Gasteiger partial charge in [-0.3, -0.25) is 4.90 Å². The molecule has 2 fully saturated rings. The highest BCUT2D eigenvalue weighted by Gasteiger charge is 2.51.